The van der Waals surface area contributed by atoms with E-state index in [1.807, 2.05) is 0 Å². The summed E-state index contributed by atoms with van der Waals surface area (Å²) < 4.78 is 0. The predicted molar refractivity (Wildman–Crippen MR) is 61.6 cm³/mol. The summed E-state index contributed by atoms with van der Waals surface area (Å²) in [7, 11) is 0. The molecular formula is C13H23NO. The highest BCUT2D eigenvalue weighted by molar-refractivity contribution is 5.85. The van der Waals surface area contributed by atoms with Crippen molar-refractivity contribution >= 4 is 5.91 Å². The van der Waals surface area contributed by atoms with Crippen molar-refractivity contribution in [3.8, 4) is 0 Å². The number of carbonyl (C=O) groups is 1. The molecule has 1 heterocycles. The van der Waals surface area contributed by atoms with Crippen LogP contribution in [-0.4, -0.2) is 11.9 Å². The fourth-order valence-corrected chi connectivity index (χ4v) is 2.87. The van der Waals surface area contributed by atoms with Crippen molar-refractivity contribution in [3.63, 3.8) is 0 Å². The second-order valence-corrected chi connectivity index (χ2v) is 5.13. The highest BCUT2D eigenvalue weighted by Crippen LogP contribution is 2.27. The molecule has 0 aromatic rings. The molecule has 1 aliphatic heterocycles. The molecule has 0 spiro atoms. The molecule has 86 valence electrons. The molecule has 15 heavy (non-hydrogen) atoms. The van der Waals surface area contributed by atoms with E-state index in [0.717, 1.165) is 6.42 Å². The van der Waals surface area contributed by atoms with Crippen LogP contribution in [0.15, 0.2) is 0 Å². The van der Waals surface area contributed by atoms with Crippen LogP contribution in [0.5, 0.6) is 0 Å². The first kappa shape index (κ1) is 11.0. The Morgan fingerprint density at radius 1 is 0.800 bits per heavy atom. The Kier molecular flexibility index (Phi) is 4.04. The zero-order valence-corrected chi connectivity index (χ0v) is 9.63. The molecule has 0 aromatic heterocycles. The minimum absolute atomic E-state index is 0.317. The van der Waals surface area contributed by atoms with Gasteiger partial charge < -0.3 is 5.32 Å². The Balaban J connectivity index is 1.78. The fourth-order valence-electron chi connectivity index (χ4n) is 2.87. The first-order valence-electron chi connectivity index (χ1n) is 6.68. The van der Waals surface area contributed by atoms with Gasteiger partial charge in [0.15, 0.2) is 0 Å². The van der Waals surface area contributed by atoms with E-state index in [4.69, 9.17) is 0 Å². The van der Waals surface area contributed by atoms with Crippen LogP contribution >= 0.6 is 0 Å². The second-order valence-electron chi connectivity index (χ2n) is 5.13. The van der Waals surface area contributed by atoms with Crippen molar-refractivity contribution in [2.75, 3.05) is 0 Å². The summed E-state index contributed by atoms with van der Waals surface area (Å²) in [4.78, 5) is 11.4. The maximum Gasteiger partial charge on any atom is 0.225 e. The molecule has 0 radical (unpaired) electrons. The van der Waals surface area contributed by atoms with E-state index < -0.39 is 0 Å². The lowest BCUT2D eigenvalue weighted by molar-refractivity contribution is -0.135. The van der Waals surface area contributed by atoms with Crippen LogP contribution in [0.1, 0.15) is 64.2 Å². The normalized spacial score (nSPS) is 34.0. The van der Waals surface area contributed by atoms with Gasteiger partial charge in [-0.05, 0) is 12.8 Å². The molecule has 0 bridgehead atoms. The van der Waals surface area contributed by atoms with Gasteiger partial charge in [0.25, 0.3) is 0 Å². The topological polar surface area (TPSA) is 29.1 Å². The average molecular weight is 209 g/mol. The largest absolute Gasteiger partial charge is 0.352 e. The number of amides is 1. The van der Waals surface area contributed by atoms with Crippen LogP contribution in [0.25, 0.3) is 0 Å². The van der Waals surface area contributed by atoms with E-state index in [2.05, 4.69) is 5.32 Å². The monoisotopic (exact) mass is 209 g/mol. The van der Waals surface area contributed by atoms with E-state index in [9.17, 15) is 4.79 Å². The fraction of sp³-hybridized carbons (Fsp3) is 0.923. The molecule has 1 saturated carbocycles. The number of carbonyl (C=O) groups excluding carboxylic acids is 1. The number of hydrogen-bond donors (Lipinski definition) is 1. The lowest BCUT2D eigenvalue weighted by Crippen LogP contribution is -2.57. The lowest BCUT2D eigenvalue weighted by Gasteiger charge is -2.37. The van der Waals surface area contributed by atoms with Gasteiger partial charge in [-0.3, -0.25) is 4.79 Å². The number of nitrogens with one attached hydrogen (secondary N) is 1. The maximum absolute atomic E-state index is 11.4. The van der Waals surface area contributed by atoms with Crippen LogP contribution in [-0.2, 0) is 4.79 Å². The van der Waals surface area contributed by atoms with E-state index in [1.165, 1.54) is 57.8 Å². The summed E-state index contributed by atoms with van der Waals surface area (Å²) in [5.74, 6) is 0.682. The number of rotatable bonds is 0. The molecule has 2 heteroatoms. The highest BCUT2D eigenvalue weighted by atomic mass is 16.2. The van der Waals surface area contributed by atoms with E-state index in [-0.39, 0.29) is 0 Å². The molecule has 1 amide bonds. The van der Waals surface area contributed by atoms with Crippen LogP contribution in [0, 0.1) is 5.92 Å². The Labute approximate surface area is 92.8 Å². The van der Waals surface area contributed by atoms with Crippen LogP contribution < -0.4 is 5.32 Å². The van der Waals surface area contributed by atoms with Crippen LogP contribution in [0.2, 0.25) is 0 Å². The molecule has 1 unspecified atom stereocenters. The van der Waals surface area contributed by atoms with Crippen molar-refractivity contribution in [2.24, 2.45) is 5.92 Å². The minimum Gasteiger partial charge on any atom is -0.352 e. The van der Waals surface area contributed by atoms with Gasteiger partial charge in [-0.1, -0.05) is 51.4 Å². The van der Waals surface area contributed by atoms with E-state index >= 15 is 0 Å². The Bertz CT molecular complexity index is 215. The third kappa shape index (κ3) is 2.96. The van der Waals surface area contributed by atoms with Gasteiger partial charge in [0, 0.05) is 6.04 Å². The first-order chi connectivity index (χ1) is 7.38. The quantitative estimate of drug-likeness (QED) is 0.610. The highest BCUT2D eigenvalue weighted by Gasteiger charge is 2.37. The smallest absolute Gasteiger partial charge is 0.225 e. The molecule has 2 fully saturated rings. The molecule has 1 saturated heterocycles. The van der Waals surface area contributed by atoms with Crippen LogP contribution in [0.3, 0.4) is 0 Å². The molecule has 2 rings (SSSR count). The molecule has 2 aliphatic rings. The summed E-state index contributed by atoms with van der Waals surface area (Å²) in [6.07, 6.45) is 13.2. The molecule has 1 N–H and O–H groups in total. The van der Waals surface area contributed by atoms with Gasteiger partial charge in [-0.2, -0.15) is 0 Å². The van der Waals surface area contributed by atoms with Gasteiger partial charge >= 0.3 is 0 Å². The summed E-state index contributed by atoms with van der Waals surface area (Å²) >= 11 is 0. The number of hydrogen-bond acceptors (Lipinski definition) is 1. The van der Waals surface area contributed by atoms with Gasteiger partial charge in [0.2, 0.25) is 5.91 Å². The summed E-state index contributed by atoms with van der Waals surface area (Å²) in [6, 6.07) is 0.525. The summed E-state index contributed by atoms with van der Waals surface area (Å²) in [6.45, 7) is 0. The number of β-lactam (4-membered cyclic amide) rings is 1. The molecule has 0 aromatic carbocycles. The Hall–Kier alpha value is -0.530. The van der Waals surface area contributed by atoms with Gasteiger partial charge in [-0.25, -0.2) is 0 Å². The van der Waals surface area contributed by atoms with Crippen molar-refractivity contribution in [2.45, 2.75) is 70.3 Å². The predicted octanol–water partition coefficient (Wildman–Crippen LogP) is 3.02. The van der Waals surface area contributed by atoms with Gasteiger partial charge in [0.1, 0.15) is 0 Å². The van der Waals surface area contributed by atoms with E-state index in [1.54, 1.807) is 0 Å². The zero-order valence-electron chi connectivity index (χ0n) is 9.63. The molecule has 1 aliphatic carbocycles. The van der Waals surface area contributed by atoms with Gasteiger partial charge in [-0.15, -0.1) is 0 Å². The van der Waals surface area contributed by atoms with E-state index in [0.29, 0.717) is 17.9 Å². The SMILES string of the molecule is O=C1N[C@@H]2CCCCCCCCCCC12. The molecular weight excluding hydrogens is 186 g/mol. The summed E-state index contributed by atoms with van der Waals surface area (Å²) in [5.41, 5.74) is 0. The van der Waals surface area contributed by atoms with Gasteiger partial charge in [0.05, 0.1) is 5.92 Å². The third-order valence-electron chi connectivity index (χ3n) is 3.93. The Morgan fingerprint density at radius 3 is 1.93 bits per heavy atom. The van der Waals surface area contributed by atoms with Crippen molar-refractivity contribution in [1.82, 2.24) is 5.32 Å². The number of fused-ring (bicyclic) bond motifs is 1. The maximum atomic E-state index is 11.4. The average Bonchev–Trinajstić information content (AvgIpc) is 2.22. The zero-order chi connectivity index (χ0) is 10.5. The minimum atomic E-state index is 0.317. The molecule has 2 atom stereocenters. The standard InChI is InChI=1S/C13H23NO/c15-13-11-9-7-5-3-1-2-4-6-8-10-12(11)14-13/h11-12H,1-10H2,(H,14,15)/t11?,12-/m1/s1. The second kappa shape index (κ2) is 5.53. The lowest BCUT2D eigenvalue weighted by atomic mass is 9.82. The molecule has 2 nitrogen and oxygen atoms in total. The van der Waals surface area contributed by atoms with Crippen molar-refractivity contribution < 1.29 is 4.79 Å². The Morgan fingerprint density at radius 2 is 1.33 bits per heavy atom. The van der Waals surface area contributed by atoms with Crippen molar-refractivity contribution in [3.05, 3.63) is 0 Å². The first-order valence-corrected chi connectivity index (χ1v) is 6.68. The van der Waals surface area contributed by atoms with Crippen LogP contribution in [0.4, 0.5) is 0 Å². The summed E-state index contributed by atoms with van der Waals surface area (Å²) in [5, 5.41) is 3.06. The van der Waals surface area contributed by atoms with Crippen molar-refractivity contribution in [1.29, 1.82) is 0 Å². The third-order valence-corrected chi connectivity index (χ3v) is 3.93.